The first-order valence-electron chi connectivity index (χ1n) is 10.3. The van der Waals surface area contributed by atoms with E-state index in [4.69, 9.17) is 23.2 Å². The molecule has 0 aliphatic rings. The maximum absolute atomic E-state index is 13.3. The lowest BCUT2D eigenvalue weighted by Gasteiger charge is -2.24. The van der Waals surface area contributed by atoms with Gasteiger partial charge in [0.1, 0.15) is 12.4 Å². The third-order valence-corrected chi connectivity index (χ3v) is 8.37. The van der Waals surface area contributed by atoms with Crippen molar-refractivity contribution in [2.24, 2.45) is 0 Å². The van der Waals surface area contributed by atoms with E-state index in [0.29, 0.717) is 33.8 Å². The molecule has 1 N–H and O–H groups in total. The zero-order valence-electron chi connectivity index (χ0n) is 18.3. The summed E-state index contributed by atoms with van der Waals surface area (Å²) < 4.78 is 40.9. The van der Waals surface area contributed by atoms with Gasteiger partial charge in [-0.15, -0.1) is 0 Å². The molecule has 180 valence electrons. The van der Waals surface area contributed by atoms with Crippen molar-refractivity contribution in [3.8, 4) is 0 Å². The van der Waals surface area contributed by atoms with E-state index in [1.165, 1.54) is 12.1 Å². The average Bonchev–Trinajstić information content (AvgIpc) is 2.80. The van der Waals surface area contributed by atoms with Crippen LogP contribution in [0.4, 0.5) is 10.1 Å². The molecule has 34 heavy (non-hydrogen) atoms. The molecule has 10 heteroatoms. The molecule has 0 saturated carbocycles. The molecule has 0 aromatic heterocycles. The van der Waals surface area contributed by atoms with Gasteiger partial charge in [-0.1, -0.05) is 47.0 Å². The Morgan fingerprint density at radius 3 is 2.24 bits per heavy atom. The van der Waals surface area contributed by atoms with E-state index >= 15 is 0 Å². The fourth-order valence-corrected chi connectivity index (χ4v) is 6.07. The van der Waals surface area contributed by atoms with Crippen molar-refractivity contribution in [1.82, 2.24) is 5.32 Å². The molecule has 0 saturated heterocycles. The molecule has 0 spiro atoms. The fourth-order valence-electron chi connectivity index (χ4n) is 3.05. The number of rotatable bonds is 10. The summed E-state index contributed by atoms with van der Waals surface area (Å²) in [6.45, 7) is 1.80. The number of sulfonamides is 1. The van der Waals surface area contributed by atoms with Crippen LogP contribution in [0.3, 0.4) is 0 Å². The van der Waals surface area contributed by atoms with Crippen LogP contribution < -0.4 is 9.62 Å². The van der Waals surface area contributed by atoms with Gasteiger partial charge in [-0.3, -0.25) is 9.10 Å². The standard InChI is InChI=1S/C24H23Cl2FN2O3S2/c1-17-5-9-19(10-6-17)29(34(31,32)20-11-7-18(27)8-12-20)15-24(30)28-13-14-33-16-21-22(25)3-2-4-23(21)26/h2-12H,13-16H2,1H3,(H,28,30). The van der Waals surface area contributed by atoms with Crippen LogP contribution in [-0.4, -0.2) is 33.2 Å². The lowest BCUT2D eigenvalue weighted by molar-refractivity contribution is -0.119. The fraction of sp³-hybridized carbons (Fsp3) is 0.208. The Balaban J connectivity index is 1.64. The zero-order chi connectivity index (χ0) is 24.7. The third-order valence-electron chi connectivity index (χ3n) is 4.89. The van der Waals surface area contributed by atoms with Gasteiger partial charge in [0.2, 0.25) is 5.91 Å². The average molecular weight is 541 g/mol. The molecule has 3 aromatic rings. The predicted molar refractivity (Wildman–Crippen MR) is 138 cm³/mol. The zero-order valence-corrected chi connectivity index (χ0v) is 21.4. The number of amides is 1. The molecule has 0 aliphatic carbocycles. The van der Waals surface area contributed by atoms with Crippen LogP contribution in [0.15, 0.2) is 71.6 Å². The normalized spacial score (nSPS) is 11.3. The molecule has 0 radical (unpaired) electrons. The minimum Gasteiger partial charge on any atom is -0.354 e. The van der Waals surface area contributed by atoms with Crippen LogP contribution >= 0.6 is 35.0 Å². The second-order valence-electron chi connectivity index (χ2n) is 7.40. The van der Waals surface area contributed by atoms with Gasteiger partial charge in [0.05, 0.1) is 10.6 Å². The number of benzene rings is 3. The number of carbonyl (C=O) groups excluding carboxylic acids is 1. The second kappa shape index (κ2) is 11.9. The number of hydrogen-bond acceptors (Lipinski definition) is 4. The first kappa shape index (κ1) is 26.3. The van der Waals surface area contributed by atoms with Crippen molar-refractivity contribution in [3.05, 3.63) is 93.7 Å². The summed E-state index contributed by atoms with van der Waals surface area (Å²) in [6.07, 6.45) is 0. The van der Waals surface area contributed by atoms with Crippen LogP contribution in [0.5, 0.6) is 0 Å². The Bertz CT molecular complexity index is 1220. The van der Waals surface area contributed by atoms with E-state index in [1.54, 1.807) is 54.2 Å². The summed E-state index contributed by atoms with van der Waals surface area (Å²) >= 11 is 13.9. The Hall–Kier alpha value is -2.26. The SMILES string of the molecule is Cc1ccc(N(CC(=O)NCCSCc2c(Cl)cccc2Cl)S(=O)(=O)c2ccc(F)cc2)cc1. The molecule has 3 rings (SSSR count). The van der Waals surface area contributed by atoms with Gasteiger partial charge in [-0.25, -0.2) is 12.8 Å². The predicted octanol–water partition coefficient (Wildman–Crippen LogP) is 5.69. The molecule has 0 bridgehead atoms. The van der Waals surface area contributed by atoms with Crippen molar-refractivity contribution in [1.29, 1.82) is 0 Å². The molecule has 0 atom stereocenters. The van der Waals surface area contributed by atoms with E-state index in [9.17, 15) is 17.6 Å². The minimum atomic E-state index is -4.09. The van der Waals surface area contributed by atoms with Crippen LogP contribution in [-0.2, 0) is 20.6 Å². The molecule has 1 amide bonds. The summed E-state index contributed by atoms with van der Waals surface area (Å²) in [7, 11) is -4.09. The molecule has 0 aliphatic heterocycles. The van der Waals surface area contributed by atoms with Crippen LogP contribution in [0.2, 0.25) is 10.0 Å². The lowest BCUT2D eigenvalue weighted by atomic mass is 10.2. The van der Waals surface area contributed by atoms with E-state index in [2.05, 4.69) is 5.32 Å². The minimum absolute atomic E-state index is 0.102. The second-order valence-corrected chi connectivity index (χ2v) is 11.2. The maximum Gasteiger partial charge on any atom is 0.264 e. The highest BCUT2D eigenvalue weighted by Crippen LogP contribution is 2.28. The number of thioether (sulfide) groups is 1. The summed E-state index contributed by atoms with van der Waals surface area (Å²) in [5.74, 6) is 0.169. The molecule has 3 aromatic carbocycles. The van der Waals surface area contributed by atoms with E-state index in [-0.39, 0.29) is 4.90 Å². The number of carbonyl (C=O) groups is 1. The van der Waals surface area contributed by atoms with E-state index in [1.807, 2.05) is 6.92 Å². The Morgan fingerprint density at radius 1 is 1.00 bits per heavy atom. The van der Waals surface area contributed by atoms with Crippen LogP contribution in [0.25, 0.3) is 0 Å². The first-order valence-corrected chi connectivity index (χ1v) is 13.7. The summed E-state index contributed by atoms with van der Waals surface area (Å²) in [5.41, 5.74) is 2.12. The molecule has 0 heterocycles. The monoisotopic (exact) mass is 540 g/mol. The summed E-state index contributed by atoms with van der Waals surface area (Å²) in [6, 6.07) is 16.6. The number of hydrogen-bond donors (Lipinski definition) is 1. The Kier molecular flexibility index (Phi) is 9.24. The topological polar surface area (TPSA) is 66.5 Å². The highest BCUT2D eigenvalue weighted by molar-refractivity contribution is 7.98. The van der Waals surface area contributed by atoms with Gasteiger partial charge in [-0.05, 0) is 61.0 Å². The van der Waals surface area contributed by atoms with Crippen molar-refractivity contribution < 1.29 is 17.6 Å². The van der Waals surface area contributed by atoms with Gasteiger partial charge < -0.3 is 5.32 Å². The van der Waals surface area contributed by atoms with Gasteiger partial charge in [0.15, 0.2) is 0 Å². The Morgan fingerprint density at radius 2 is 1.62 bits per heavy atom. The van der Waals surface area contributed by atoms with Crippen molar-refractivity contribution >= 4 is 56.6 Å². The van der Waals surface area contributed by atoms with Gasteiger partial charge in [0.25, 0.3) is 10.0 Å². The Labute approximate surface area is 213 Å². The number of anilines is 1. The van der Waals surface area contributed by atoms with Gasteiger partial charge in [0, 0.05) is 28.1 Å². The lowest BCUT2D eigenvalue weighted by Crippen LogP contribution is -2.41. The number of halogens is 3. The molecule has 0 fully saturated rings. The summed E-state index contributed by atoms with van der Waals surface area (Å²) in [5, 5.41) is 3.92. The molecule has 5 nitrogen and oxygen atoms in total. The van der Waals surface area contributed by atoms with Crippen molar-refractivity contribution in [3.63, 3.8) is 0 Å². The molecule has 0 unspecified atom stereocenters. The maximum atomic E-state index is 13.3. The smallest absolute Gasteiger partial charge is 0.264 e. The number of nitrogens with one attached hydrogen (secondary N) is 1. The van der Waals surface area contributed by atoms with Crippen molar-refractivity contribution in [2.45, 2.75) is 17.6 Å². The molecular weight excluding hydrogens is 518 g/mol. The summed E-state index contributed by atoms with van der Waals surface area (Å²) in [4.78, 5) is 12.5. The molecular formula is C24H23Cl2FN2O3S2. The highest BCUT2D eigenvalue weighted by Gasteiger charge is 2.27. The third kappa shape index (κ3) is 6.88. The van der Waals surface area contributed by atoms with E-state index in [0.717, 1.165) is 27.6 Å². The number of nitrogens with zero attached hydrogens (tertiary/aromatic N) is 1. The first-order chi connectivity index (χ1) is 16.2. The number of aryl methyl sites for hydroxylation is 1. The van der Waals surface area contributed by atoms with E-state index < -0.39 is 28.3 Å². The highest BCUT2D eigenvalue weighted by atomic mass is 35.5. The largest absolute Gasteiger partial charge is 0.354 e. The quantitative estimate of drug-likeness (QED) is 0.335. The van der Waals surface area contributed by atoms with Gasteiger partial charge >= 0.3 is 0 Å². The van der Waals surface area contributed by atoms with Crippen LogP contribution in [0.1, 0.15) is 11.1 Å². The van der Waals surface area contributed by atoms with Crippen LogP contribution in [0, 0.1) is 12.7 Å². The van der Waals surface area contributed by atoms with Gasteiger partial charge in [-0.2, -0.15) is 11.8 Å². The van der Waals surface area contributed by atoms with Crippen molar-refractivity contribution in [2.75, 3.05) is 23.1 Å².